The maximum Gasteiger partial charge on any atom is 0.208 e. The van der Waals surface area contributed by atoms with E-state index in [1.165, 1.54) is 12.1 Å². The quantitative estimate of drug-likeness (QED) is 0.0427. The minimum atomic E-state index is -1.32. The van der Waals surface area contributed by atoms with Crippen molar-refractivity contribution in [3.63, 3.8) is 0 Å². The minimum absolute atomic E-state index is 0.495. The highest BCUT2D eigenvalue weighted by atomic mass is 16.4. The number of carbonyl (C=O) groups is 6. The molecule has 12 rings (SSSR count). The highest BCUT2D eigenvalue weighted by molar-refractivity contribution is 6.20. The summed E-state index contributed by atoms with van der Waals surface area (Å²) in [6, 6.07) is 16.6. The van der Waals surface area contributed by atoms with E-state index in [9.17, 15) is 243 Å². The number of aromatic hydroxyl groups is 42. The van der Waals surface area contributed by atoms with Crippen LogP contribution in [0.3, 0.4) is 0 Å². The van der Waals surface area contributed by atoms with Crippen molar-refractivity contribution < 1.29 is 243 Å². The van der Waals surface area contributed by atoms with E-state index in [0.29, 0.717) is 24.3 Å². The lowest BCUT2D eigenvalue weighted by Crippen LogP contribution is -2.04. The first-order valence-corrected chi connectivity index (χ1v) is 33.1. The fourth-order valence-corrected chi connectivity index (χ4v) is 10.6. The summed E-state index contributed by atoms with van der Waals surface area (Å²) in [7, 11) is 0. The van der Waals surface area contributed by atoms with Crippen LogP contribution >= 0.6 is 0 Å². The van der Waals surface area contributed by atoms with Gasteiger partial charge in [-0.1, -0.05) is 12.1 Å². The molecule has 0 atom stereocenters. The van der Waals surface area contributed by atoms with Crippen molar-refractivity contribution >= 4 is 34.7 Å². The lowest BCUT2D eigenvalue weighted by Gasteiger charge is -2.12. The largest absolute Gasteiger partial charge is 0.507 e. The molecule has 48 heteroatoms. The molecule has 126 heavy (non-hydrogen) atoms. The first kappa shape index (κ1) is 93.4. The number of ketones is 6. The van der Waals surface area contributed by atoms with Gasteiger partial charge in [0.25, 0.3) is 0 Å². The van der Waals surface area contributed by atoms with Gasteiger partial charge in [0, 0.05) is 24.3 Å². The van der Waals surface area contributed by atoms with Crippen LogP contribution in [0.15, 0.2) is 109 Å². The van der Waals surface area contributed by atoms with Gasteiger partial charge in [0.15, 0.2) is 149 Å². The Labute approximate surface area is 693 Å². The van der Waals surface area contributed by atoms with Crippen molar-refractivity contribution in [2.24, 2.45) is 0 Å². The van der Waals surface area contributed by atoms with Gasteiger partial charge in [0.2, 0.25) is 92.2 Å². The third-order valence-electron chi connectivity index (χ3n) is 17.0. The second kappa shape index (κ2) is 36.0. The summed E-state index contributed by atoms with van der Waals surface area (Å²) in [6.45, 7) is 0. The Balaban J connectivity index is 0.000000207. The maximum absolute atomic E-state index is 12.2. The Morgan fingerprint density at radius 3 is 0.643 bits per heavy atom. The Kier molecular flexibility index (Phi) is 26.7. The molecular formula is C78H60O48. The number of phenolic OH excluding ortho intramolecular Hbond substituents is 42. The molecule has 0 saturated carbocycles. The van der Waals surface area contributed by atoms with E-state index < -0.39 is 343 Å². The molecule has 0 bridgehead atoms. The predicted molar refractivity (Wildman–Crippen MR) is 408 cm³/mol. The van der Waals surface area contributed by atoms with Crippen molar-refractivity contribution in [2.75, 3.05) is 0 Å². The molecular weight excluding hydrogens is 1700 g/mol. The van der Waals surface area contributed by atoms with Gasteiger partial charge < -0.3 is 214 Å². The van der Waals surface area contributed by atoms with Crippen LogP contribution in [0.2, 0.25) is 0 Å². The normalized spacial score (nSPS) is 10.5. The SMILES string of the molecule is O=C(c1c(O)ccc(O)c1O)c1c(O)c(O)cc(O)c1O.O=C(c1c(O)ccc(O)c1O)c1c(O)cc(O)c(O)c1O.O=C(c1c(O)cccc1O)c1c(O)c(O)c(O)c(O)c1O.O=C(c1ccc(O)c(O)c1O)c1c(O)c(O)cc(O)c1O.O=C(c1ccc(O)c(O)c1O)c1c(O)cc(O)c(O)c1O.O=C(c1cccc(O)c1O)c1c(O)c(O)c(O)c(O)c1O. The Bertz CT molecular complexity index is 6370. The Hall–Kier alpha value is -19.7. The molecule has 0 heterocycles. The fourth-order valence-electron chi connectivity index (χ4n) is 10.6. The Morgan fingerprint density at radius 1 is 0.119 bits per heavy atom. The van der Waals surface area contributed by atoms with Crippen molar-refractivity contribution in [3.05, 3.63) is 176 Å². The lowest BCUT2D eigenvalue weighted by molar-refractivity contribution is 0.101. The maximum atomic E-state index is 12.2. The van der Waals surface area contributed by atoms with Gasteiger partial charge in [0.1, 0.15) is 84.6 Å². The fraction of sp³-hybridized carbons (Fsp3) is 0. The van der Waals surface area contributed by atoms with E-state index in [4.69, 9.17) is 0 Å². The summed E-state index contributed by atoms with van der Waals surface area (Å²) in [5.41, 5.74) is -9.25. The zero-order valence-corrected chi connectivity index (χ0v) is 61.6. The molecule has 0 aromatic heterocycles. The molecule has 660 valence electrons. The monoisotopic (exact) mass is 1760 g/mol. The van der Waals surface area contributed by atoms with Gasteiger partial charge in [-0.05, 0) is 72.8 Å². The number of carbonyl (C=O) groups excluding carboxylic acids is 6. The molecule has 0 aliphatic heterocycles. The van der Waals surface area contributed by atoms with Gasteiger partial charge >= 0.3 is 0 Å². The van der Waals surface area contributed by atoms with Crippen molar-refractivity contribution in [2.45, 2.75) is 0 Å². The molecule has 0 aliphatic rings. The molecule has 12 aromatic carbocycles. The molecule has 0 aliphatic carbocycles. The summed E-state index contributed by atoms with van der Waals surface area (Å²) in [5.74, 6) is -47.7. The van der Waals surface area contributed by atoms with Crippen LogP contribution in [0.5, 0.6) is 241 Å². The van der Waals surface area contributed by atoms with Crippen LogP contribution in [-0.2, 0) is 0 Å². The zero-order valence-electron chi connectivity index (χ0n) is 61.6. The van der Waals surface area contributed by atoms with E-state index in [0.717, 1.165) is 72.8 Å². The molecule has 0 saturated heterocycles. The second-order valence-electron chi connectivity index (χ2n) is 24.8. The first-order valence-electron chi connectivity index (χ1n) is 33.1. The van der Waals surface area contributed by atoms with Crippen LogP contribution in [0.4, 0.5) is 0 Å². The number of hydrogen-bond donors (Lipinski definition) is 42. The van der Waals surface area contributed by atoms with E-state index in [2.05, 4.69) is 0 Å². The number of benzene rings is 12. The van der Waals surface area contributed by atoms with E-state index in [1.54, 1.807) is 0 Å². The molecule has 0 amide bonds. The summed E-state index contributed by atoms with van der Waals surface area (Å²) in [6.07, 6.45) is 0. The lowest BCUT2D eigenvalue weighted by atomic mass is 9.98. The standard InChI is InChI=1S/6C13H10O8/c14-5-2-1-4(10(18)13(5)21)9(17)8-11(19)6(15)3-7(16)12(8)20;14-5-2-1-4(10(18)11(5)19)9(17)8-6(15)3-7(16)12(20)13(8)21;14-4-1-2-5(15)10(18)8(4)13(21)9-11(19)6(16)3-7(17)12(9)20;14-4-1-2-5(15)10(18)8(4)12(20)9-6(16)3-7(17)11(19)13(9)21;14-5-3-1-2-4(7(5)15)8(16)6-9(17)11(19)13(21)12(20)10(6)18;14-4-2-1-3-5(15)6(4)8(16)7-9(17)11(19)13(21)12(20)10(7)18/h2*1-3,14-16,18-21H;1-3,14-20H;1-3,14-19,21H;2*1-3,14-15,17-21H. The third-order valence-corrected chi connectivity index (χ3v) is 17.0. The second-order valence-corrected chi connectivity index (χ2v) is 24.8. The van der Waals surface area contributed by atoms with Gasteiger partial charge in [-0.2, -0.15) is 0 Å². The van der Waals surface area contributed by atoms with Gasteiger partial charge in [-0.15, -0.1) is 0 Å². The van der Waals surface area contributed by atoms with Gasteiger partial charge in [0.05, 0.1) is 16.7 Å². The minimum Gasteiger partial charge on any atom is -0.507 e. The molecule has 0 fully saturated rings. The van der Waals surface area contributed by atoms with Crippen molar-refractivity contribution in [1.82, 2.24) is 0 Å². The molecule has 0 radical (unpaired) electrons. The van der Waals surface area contributed by atoms with Crippen LogP contribution in [-0.4, -0.2) is 249 Å². The van der Waals surface area contributed by atoms with Crippen LogP contribution in [0.25, 0.3) is 0 Å². The topological polar surface area (TPSA) is 952 Å². The van der Waals surface area contributed by atoms with Crippen LogP contribution in [0.1, 0.15) is 95.5 Å². The van der Waals surface area contributed by atoms with E-state index in [-0.39, 0.29) is 0 Å². The number of rotatable bonds is 12. The summed E-state index contributed by atoms with van der Waals surface area (Å²) >= 11 is 0. The van der Waals surface area contributed by atoms with Crippen molar-refractivity contribution in [3.8, 4) is 241 Å². The molecule has 12 aromatic rings. The van der Waals surface area contributed by atoms with Crippen molar-refractivity contribution in [1.29, 1.82) is 0 Å². The van der Waals surface area contributed by atoms with Crippen LogP contribution < -0.4 is 0 Å². The molecule has 48 nitrogen and oxygen atoms in total. The van der Waals surface area contributed by atoms with Gasteiger partial charge in [-0.25, -0.2) is 0 Å². The van der Waals surface area contributed by atoms with Crippen LogP contribution in [0, 0.1) is 0 Å². The first-order chi connectivity index (χ1) is 58.5. The zero-order chi connectivity index (χ0) is 95.4. The van der Waals surface area contributed by atoms with E-state index in [1.807, 2.05) is 0 Å². The third kappa shape index (κ3) is 17.5. The average Bonchev–Trinajstić information content (AvgIpc) is 0.798. The number of phenols is 42. The smallest absolute Gasteiger partial charge is 0.208 e. The predicted octanol–water partition coefficient (Wildman–Crippen LogP) is 5.14. The number of para-hydroxylation sites is 1. The highest BCUT2D eigenvalue weighted by Gasteiger charge is 2.36. The van der Waals surface area contributed by atoms with Gasteiger partial charge in [-0.3, -0.25) is 28.8 Å². The molecule has 0 unspecified atom stereocenters. The van der Waals surface area contributed by atoms with E-state index >= 15 is 0 Å². The molecule has 42 N–H and O–H groups in total. The summed E-state index contributed by atoms with van der Waals surface area (Å²) < 4.78 is 0. The average molecular weight is 1770 g/mol. The summed E-state index contributed by atoms with van der Waals surface area (Å²) in [5, 5.41) is 397. The Morgan fingerprint density at radius 2 is 0.294 bits per heavy atom. The summed E-state index contributed by atoms with van der Waals surface area (Å²) in [4.78, 5) is 73.1. The number of hydrogen-bond acceptors (Lipinski definition) is 48. The molecule has 0 spiro atoms. The highest BCUT2D eigenvalue weighted by Crippen LogP contribution is 2.56.